The average Bonchev–Trinajstić information content (AvgIpc) is 2.60. The molecular weight excluding hydrogens is 282 g/mol. The van der Waals surface area contributed by atoms with Gasteiger partial charge in [0.25, 0.3) is 0 Å². The van der Waals surface area contributed by atoms with Crippen molar-refractivity contribution in [3.63, 3.8) is 0 Å². The lowest BCUT2D eigenvalue weighted by molar-refractivity contribution is 0.104. The van der Waals surface area contributed by atoms with Crippen LogP contribution >= 0.6 is 0 Å². The molecule has 0 heterocycles. The number of hydrogen-bond acceptors (Lipinski definition) is 2. The molecule has 0 bridgehead atoms. The molecule has 0 amide bonds. The molecule has 2 heteroatoms. The molecule has 0 radical (unpaired) electrons. The monoisotopic (exact) mass is 315 g/mol. The third-order valence-corrected chi connectivity index (χ3v) is 4.09. The first-order valence-electron chi connectivity index (χ1n) is 9.29. The number of rotatable bonds is 13. The topological polar surface area (TPSA) is 20.3 Å². The van der Waals surface area contributed by atoms with Crippen molar-refractivity contribution >= 4 is 5.78 Å². The Kier molecular flexibility index (Phi) is 10.9. The molecule has 0 spiro atoms. The van der Waals surface area contributed by atoms with Crippen molar-refractivity contribution in [3.05, 3.63) is 48.2 Å². The van der Waals surface area contributed by atoms with E-state index in [1.54, 1.807) is 6.08 Å². The number of benzene rings is 1. The van der Waals surface area contributed by atoms with Crippen LogP contribution in [0.15, 0.2) is 42.6 Å². The summed E-state index contributed by atoms with van der Waals surface area (Å²) in [4.78, 5) is 14.5. The molecule has 0 saturated heterocycles. The fourth-order valence-corrected chi connectivity index (χ4v) is 2.62. The molecule has 0 aliphatic carbocycles. The van der Waals surface area contributed by atoms with Gasteiger partial charge in [-0.3, -0.25) is 4.79 Å². The lowest BCUT2D eigenvalue weighted by Gasteiger charge is -2.20. The van der Waals surface area contributed by atoms with Crippen molar-refractivity contribution in [2.75, 3.05) is 13.1 Å². The van der Waals surface area contributed by atoms with Gasteiger partial charge in [0.2, 0.25) is 0 Å². The highest BCUT2D eigenvalue weighted by Crippen LogP contribution is 2.07. The number of carbonyl (C=O) groups is 1. The van der Waals surface area contributed by atoms with E-state index < -0.39 is 0 Å². The van der Waals surface area contributed by atoms with Gasteiger partial charge in [0.05, 0.1) is 0 Å². The molecule has 23 heavy (non-hydrogen) atoms. The number of ketones is 1. The average molecular weight is 316 g/mol. The zero-order chi connectivity index (χ0) is 16.8. The van der Waals surface area contributed by atoms with E-state index in [1.807, 2.05) is 36.5 Å². The van der Waals surface area contributed by atoms with E-state index in [0.717, 1.165) is 18.7 Å². The first-order valence-corrected chi connectivity index (χ1v) is 9.29. The van der Waals surface area contributed by atoms with E-state index >= 15 is 0 Å². The number of hydrogen-bond donors (Lipinski definition) is 0. The van der Waals surface area contributed by atoms with E-state index in [1.165, 1.54) is 51.4 Å². The number of allylic oxidation sites excluding steroid dienone is 1. The van der Waals surface area contributed by atoms with Gasteiger partial charge in [-0.05, 0) is 12.8 Å². The van der Waals surface area contributed by atoms with E-state index in [0.29, 0.717) is 0 Å². The summed E-state index contributed by atoms with van der Waals surface area (Å²) in [6, 6.07) is 9.51. The Hall–Kier alpha value is -1.57. The van der Waals surface area contributed by atoms with Gasteiger partial charge in [-0.25, -0.2) is 0 Å². The van der Waals surface area contributed by atoms with Crippen LogP contribution in [0.4, 0.5) is 0 Å². The van der Waals surface area contributed by atoms with Gasteiger partial charge < -0.3 is 4.90 Å². The molecule has 1 aromatic rings. The second-order valence-corrected chi connectivity index (χ2v) is 6.20. The fourth-order valence-electron chi connectivity index (χ4n) is 2.62. The van der Waals surface area contributed by atoms with E-state index in [-0.39, 0.29) is 5.78 Å². The predicted molar refractivity (Wildman–Crippen MR) is 99.8 cm³/mol. The van der Waals surface area contributed by atoms with E-state index in [2.05, 4.69) is 18.7 Å². The number of unbranched alkanes of at least 4 members (excludes halogenated alkanes) is 6. The fraction of sp³-hybridized carbons (Fsp3) is 0.571. The molecule has 0 N–H and O–H groups in total. The molecule has 0 aromatic heterocycles. The molecule has 0 aliphatic heterocycles. The first kappa shape index (κ1) is 19.5. The van der Waals surface area contributed by atoms with Crippen LogP contribution in [0.5, 0.6) is 0 Å². The lowest BCUT2D eigenvalue weighted by Crippen LogP contribution is -2.20. The Balaban J connectivity index is 2.48. The highest BCUT2D eigenvalue weighted by Gasteiger charge is 2.03. The molecule has 0 saturated carbocycles. The normalized spacial score (nSPS) is 11.0. The summed E-state index contributed by atoms with van der Waals surface area (Å²) >= 11 is 0. The van der Waals surface area contributed by atoms with Crippen molar-refractivity contribution in [3.8, 4) is 0 Å². The quantitative estimate of drug-likeness (QED) is 0.259. The third-order valence-electron chi connectivity index (χ3n) is 4.09. The van der Waals surface area contributed by atoms with Gasteiger partial charge in [0.1, 0.15) is 0 Å². The van der Waals surface area contributed by atoms with Crippen molar-refractivity contribution in [2.45, 2.75) is 65.2 Å². The Morgan fingerprint density at radius 2 is 1.43 bits per heavy atom. The van der Waals surface area contributed by atoms with Crippen LogP contribution in [0.3, 0.4) is 0 Å². The SMILES string of the molecule is CCCCCCN(/C=C\C(=O)c1ccccc1)CCCCCC. The van der Waals surface area contributed by atoms with E-state index in [9.17, 15) is 4.79 Å². The Labute approximate surface area is 142 Å². The maximum absolute atomic E-state index is 12.2. The first-order chi connectivity index (χ1) is 11.3. The van der Waals surface area contributed by atoms with Crippen LogP contribution in [0, 0.1) is 0 Å². The molecule has 2 nitrogen and oxygen atoms in total. The summed E-state index contributed by atoms with van der Waals surface area (Å²) in [6.07, 6.45) is 13.9. The van der Waals surface area contributed by atoms with Crippen LogP contribution in [0.25, 0.3) is 0 Å². The van der Waals surface area contributed by atoms with Crippen molar-refractivity contribution in [1.29, 1.82) is 0 Å². The van der Waals surface area contributed by atoms with Crippen LogP contribution < -0.4 is 0 Å². The highest BCUT2D eigenvalue weighted by molar-refractivity contribution is 6.04. The van der Waals surface area contributed by atoms with Crippen LogP contribution in [-0.4, -0.2) is 23.8 Å². The molecule has 0 unspecified atom stereocenters. The minimum Gasteiger partial charge on any atom is -0.377 e. The summed E-state index contributed by atoms with van der Waals surface area (Å²) in [5, 5.41) is 0. The Morgan fingerprint density at radius 3 is 1.96 bits per heavy atom. The zero-order valence-corrected chi connectivity index (χ0v) is 15.0. The molecule has 0 atom stereocenters. The molecular formula is C21H33NO. The van der Waals surface area contributed by atoms with Crippen LogP contribution in [0.1, 0.15) is 75.6 Å². The molecule has 0 fully saturated rings. The van der Waals surface area contributed by atoms with Gasteiger partial charge in [-0.1, -0.05) is 82.7 Å². The smallest absolute Gasteiger partial charge is 0.187 e. The van der Waals surface area contributed by atoms with Crippen LogP contribution in [0.2, 0.25) is 0 Å². The zero-order valence-electron chi connectivity index (χ0n) is 15.0. The van der Waals surface area contributed by atoms with Gasteiger partial charge in [-0.2, -0.15) is 0 Å². The van der Waals surface area contributed by atoms with Crippen LogP contribution in [-0.2, 0) is 0 Å². The second kappa shape index (κ2) is 12.9. The maximum Gasteiger partial charge on any atom is 0.187 e. The molecule has 0 aliphatic rings. The Bertz CT molecular complexity index is 426. The number of carbonyl (C=O) groups excluding carboxylic acids is 1. The summed E-state index contributed by atoms with van der Waals surface area (Å²) in [5.41, 5.74) is 0.765. The Morgan fingerprint density at radius 1 is 0.870 bits per heavy atom. The second-order valence-electron chi connectivity index (χ2n) is 6.20. The van der Waals surface area contributed by atoms with E-state index in [4.69, 9.17) is 0 Å². The van der Waals surface area contributed by atoms with Gasteiger partial charge in [0, 0.05) is 30.9 Å². The maximum atomic E-state index is 12.2. The minimum absolute atomic E-state index is 0.0951. The summed E-state index contributed by atoms with van der Waals surface area (Å²) in [5.74, 6) is 0.0951. The predicted octanol–water partition coefficient (Wildman–Crippen LogP) is 5.85. The summed E-state index contributed by atoms with van der Waals surface area (Å²) in [6.45, 7) is 6.59. The summed E-state index contributed by atoms with van der Waals surface area (Å²) in [7, 11) is 0. The highest BCUT2D eigenvalue weighted by atomic mass is 16.1. The molecule has 1 aromatic carbocycles. The number of nitrogens with zero attached hydrogens (tertiary/aromatic N) is 1. The molecule has 1 rings (SSSR count). The van der Waals surface area contributed by atoms with Crippen molar-refractivity contribution in [1.82, 2.24) is 4.90 Å². The van der Waals surface area contributed by atoms with Gasteiger partial charge >= 0.3 is 0 Å². The molecule has 128 valence electrons. The standard InChI is InChI=1S/C21H33NO/c1-3-5-7-12-17-22(18-13-8-6-4-2)19-16-21(23)20-14-10-9-11-15-20/h9-11,14-16,19H,3-8,12-13,17-18H2,1-2H3/b19-16-. The van der Waals surface area contributed by atoms with Crippen molar-refractivity contribution in [2.24, 2.45) is 0 Å². The van der Waals surface area contributed by atoms with Crippen molar-refractivity contribution < 1.29 is 4.79 Å². The van der Waals surface area contributed by atoms with Gasteiger partial charge in [0.15, 0.2) is 5.78 Å². The minimum atomic E-state index is 0.0951. The largest absolute Gasteiger partial charge is 0.377 e. The van der Waals surface area contributed by atoms with Gasteiger partial charge in [-0.15, -0.1) is 0 Å². The summed E-state index contributed by atoms with van der Waals surface area (Å²) < 4.78 is 0. The third kappa shape index (κ3) is 9.22. The lowest BCUT2D eigenvalue weighted by atomic mass is 10.1.